The van der Waals surface area contributed by atoms with E-state index in [0.717, 1.165) is 25.3 Å². The lowest BCUT2D eigenvalue weighted by Crippen LogP contribution is -2.31. The zero-order valence-electron chi connectivity index (χ0n) is 10.1. The lowest BCUT2D eigenvalue weighted by atomic mass is 9.98. The van der Waals surface area contributed by atoms with Crippen LogP contribution in [-0.2, 0) is 0 Å². The minimum Gasteiger partial charge on any atom is -0.494 e. The molecule has 3 nitrogen and oxygen atoms in total. The topological polar surface area (TPSA) is 33.3 Å². The Bertz CT molecular complexity index is 364. The van der Waals surface area contributed by atoms with Crippen LogP contribution in [0, 0.1) is 11.7 Å². The third kappa shape index (κ3) is 3.33. The molecule has 1 saturated heterocycles. The number of ether oxygens (including phenoxy) is 1. The molecule has 0 spiro atoms. The first-order chi connectivity index (χ1) is 8.29. The maximum Gasteiger partial charge on any atom is 0.165 e. The van der Waals surface area contributed by atoms with Crippen molar-refractivity contribution in [2.24, 2.45) is 5.92 Å². The van der Waals surface area contributed by atoms with Gasteiger partial charge in [-0.25, -0.2) is 4.39 Å². The Labute approximate surface area is 101 Å². The van der Waals surface area contributed by atoms with Gasteiger partial charge in [0.1, 0.15) is 0 Å². The van der Waals surface area contributed by atoms with Crippen LogP contribution >= 0.6 is 0 Å². The van der Waals surface area contributed by atoms with E-state index < -0.39 is 0 Å². The third-order valence-electron chi connectivity index (χ3n) is 3.20. The fourth-order valence-corrected chi connectivity index (χ4v) is 2.12. The van der Waals surface area contributed by atoms with Crippen LogP contribution in [0.1, 0.15) is 12.8 Å². The Balaban J connectivity index is 1.89. The van der Waals surface area contributed by atoms with Crippen molar-refractivity contribution in [1.29, 1.82) is 0 Å². The van der Waals surface area contributed by atoms with Crippen LogP contribution in [0.4, 0.5) is 10.1 Å². The molecule has 1 aromatic carbocycles. The Morgan fingerprint density at radius 3 is 2.88 bits per heavy atom. The van der Waals surface area contributed by atoms with Crippen molar-refractivity contribution in [3.05, 3.63) is 24.0 Å². The number of nitrogens with one attached hydrogen (secondary N) is 2. The van der Waals surface area contributed by atoms with E-state index in [4.69, 9.17) is 4.74 Å². The van der Waals surface area contributed by atoms with Crippen LogP contribution in [0.2, 0.25) is 0 Å². The van der Waals surface area contributed by atoms with Crippen LogP contribution in [0.5, 0.6) is 5.75 Å². The molecular weight excluding hydrogens is 219 g/mol. The molecule has 1 fully saturated rings. The van der Waals surface area contributed by atoms with Gasteiger partial charge in [0.25, 0.3) is 0 Å². The number of hydrogen-bond donors (Lipinski definition) is 2. The van der Waals surface area contributed by atoms with Crippen LogP contribution in [0.25, 0.3) is 0 Å². The number of anilines is 1. The summed E-state index contributed by atoms with van der Waals surface area (Å²) < 4.78 is 18.2. The first kappa shape index (κ1) is 12.2. The summed E-state index contributed by atoms with van der Waals surface area (Å²) in [5, 5.41) is 6.68. The standard InChI is InChI=1S/C13H19FN2O/c1-17-13-8-11(2-3-12(13)14)16-9-10-4-6-15-7-5-10/h2-3,8,10,15-16H,4-7,9H2,1H3. The van der Waals surface area contributed by atoms with Crippen molar-refractivity contribution in [3.63, 3.8) is 0 Å². The minimum absolute atomic E-state index is 0.292. The molecule has 4 heteroatoms. The van der Waals surface area contributed by atoms with E-state index in [1.54, 1.807) is 12.1 Å². The van der Waals surface area contributed by atoms with Crippen LogP contribution < -0.4 is 15.4 Å². The van der Waals surface area contributed by atoms with Gasteiger partial charge in [0, 0.05) is 18.3 Å². The molecule has 0 aromatic heterocycles. The van der Waals surface area contributed by atoms with Crippen molar-refractivity contribution in [3.8, 4) is 5.75 Å². The third-order valence-corrected chi connectivity index (χ3v) is 3.20. The maximum absolute atomic E-state index is 13.2. The van der Waals surface area contributed by atoms with E-state index in [9.17, 15) is 4.39 Å². The Hall–Kier alpha value is -1.29. The molecule has 0 atom stereocenters. The highest BCUT2D eigenvalue weighted by Crippen LogP contribution is 2.22. The molecule has 0 amide bonds. The van der Waals surface area contributed by atoms with Crippen molar-refractivity contribution < 1.29 is 9.13 Å². The van der Waals surface area contributed by atoms with Gasteiger partial charge in [-0.05, 0) is 44.0 Å². The van der Waals surface area contributed by atoms with E-state index in [2.05, 4.69) is 10.6 Å². The van der Waals surface area contributed by atoms with Gasteiger partial charge in [0.15, 0.2) is 11.6 Å². The highest BCUT2D eigenvalue weighted by Gasteiger charge is 2.12. The van der Waals surface area contributed by atoms with Crippen LogP contribution in [0.15, 0.2) is 18.2 Å². The van der Waals surface area contributed by atoms with E-state index in [1.165, 1.54) is 26.0 Å². The monoisotopic (exact) mass is 238 g/mol. The van der Waals surface area contributed by atoms with Gasteiger partial charge < -0.3 is 15.4 Å². The summed E-state index contributed by atoms with van der Waals surface area (Å²) in [5.41, 5.74) is 0.918. The average molecular weight is 238 g/mol. The SMILES string of the molecule is COc1cc(NCC2CCNCC2)ccc1F. The minimum atomic E-state index is -0.320. The van der Waals surface area contributed by atoms with Crippen molar-refractivity contribution >= 4 is 5.69 Å². The highest BCUT2D eigenvalue weighted by atomic mass is 19.1. The molecular formula is C13H19FN2O. The fraction of sp³-hybridized carbons (Fsp3) is 0.538. The second-order valence-corrected chi connectivity index (χ2v) is 4.42. The smallest absolute Gasteiger partial charge is 0.165 e. The van der Waals surface area contributed by atoms with E-state index in [0.29, 0.717) is 11.7 Å². The highest BCUT2D eigenvalue weighted by molar-refractivity contribution is 5.48. The van der Waals surface area contributed by atoms with Gasteiger partial charge >= 0.3 is 0 Å². The normalized spacial score (nSPS) is 16.8. The van der Waals surface area contributed by atoms with E-state index >= 15 is 0 Å². The number of benzene rings is 1. The fourth-order valence-electron chi connectivity index (χ4n) is 2.12. The van der Waals surface area contributed by atoms with Gasteiger partial charge in [0.05, 0.1) is 7.11 Å². The molecule has 1 aliphatic heterocycles. The largest absolute Gasteiger partial charge is 0.494 e. The second-order valence-electron chi connectivity index (χ2n) is 4.42. The van der Waals surface area contributed by atoms with Gasteiger partial charge in [-0.15, -0.1) is 0 Å². The molecule has 2 N–H and O–H groups in total. The van der Waals surface area contributed by atoms with Gasteiger partial charge in [-0.3, -0.25) is 0 Å². The molecule has 0 bridgehead atoms. The molecule has 0 radical (unpaired) electrons. The predicted molar refractivity (Wildman–Crippen MR) is 67.0 cm³/mol. The summed E-state index contributed by atoms with van der Waals surface area (Å²) in [4.78, 5) is 0. The average Bonchev–Trinajstić information content (AvgIpc) is 2.39. The molecule has 1 aromatic rings. The Kier molecular flexibility index (Phi) is 4.20. The summed E-state index contributed by atoms with van der Waals surface area (Å²) in [6.45, 7) is 3.13. The second kappa shape index (κ2) is 5.87. The first-order valence-corrected chi connectivity index (χ1v) is 6.07. The van der Waals surface area contributed by atoms with Gasteiger partial charge in [0.2, 0.25) is 0 Å². The summed E-state index contributed by atoms with van der Waals surface area (Å²) in [6.07, 6.45) is 2.40. The number of rotatable bonds is 4. The molecule has 0 saturated carbocycles. The molecule has 1 heterocycles. The molecule has 94 valence electrons. The Morgan fingerprint density at radius 2 is 2.18 bits per heavy atom. The summed E-state index contributed by atoms with van der Waals surface area (Å²) in [6, 6.07) is 4.89. The number of halogens is 1. The van der Waals surface area contributed by atoms with Crippen molar-refractivity contribution in [2.75, 3.05) is 32.1 Å². The lowest BCUT2D eigenvalue weighted by Gasteiger charge is -2.23. The molecule has 1 aliphatic rings. The van der Waals surface area contributed by atoms with Crippen LogP contribution in [-0.4, -0.2) is 26.7 Å². The summed E-state index contributed by atoms with van der Waals surface area (Å²) in [5.74, 6) is 0.674. The lowest BCUT2D eigenvalue weighted by molar-refractivity contribution is 0.385. The summed E-state index contributed by atoms with van der Waals surface area (Å²) in [7, 11) is 1.48. The Morgan fingerprint density at radius 1 is 1.41 bits per heavy atom. The molecule has 0 unspecified atom stereocenters. The number of methoxy groups -OCH3 is 1. The zero-order chi connectivity index (χ0) is 12.1. The predicted octanol–water partition coefficient (Wildman–Crippen LogP) is 2.25. The van der Waals surface area contributed by atoms with Gasteiger partial charge in [-0.1, -0.05) is 0 Å². The molecule has 17 heavy (non-hydrogen) atoms. The van der Waals surface area contributed by atoms with E-state index in [-0.39, 0.29) is 5.82 Å². The number of hydrogen-bond acceptors (Lipinski definition) is 3. The molecule has 2 rings (SSSR count). The van der Waals surface area contributed by atoms with Crippen molar-refractivity contribution in [2.45, 2.75) is 12.8 Å². The number of piperidine rings is 1. The van der Waals surface area contributed by atoms with Crippen LogP contribution in [0.3, 0.4) is 0 Å². The maximum atomic E-state index is 13.2. The van der Waals surface area contributed by atoms with Gasteiger partial charge in [-0.2, -0.15) is 0 Å². The zero-order valence-corrected chi connectivity index (χ0v) is 10.1. The first-order valence-electron chi connectivity index (χ1n) is 6.07. The molecule has 0 aliphatic carbocycles. The van der Waals surface area contributed by atoms with E-state index in [1.807, 2.05) is 0 Å². The quantitative estimate of drug-likeness (QED) is 0.844. The van der Waals surface area contributed by atoms with Crippen molar-refractivity contribution in [1.82, 2.24) is 5.32 Å². The summed E-state index contributed by atoms with van der Waals surface area (Å²) >= 11 is 0.